The van der Waals surface area contributed by atoms with Gasteiger partial charge in [0.05, 0.1) is 0 Å². The van der Waals surface area contributed by atoms with Crippen LogP contribution in [0.4, 0.5) is 5.69 Å². The second kappa shape index (κ2) is 17.3. The van der Waals surface area contributed by atoms with Crippen molar-refractivity contribution in [3.8, 4) is 0 Å². The summed E-state index contributed by atoms with van der Waals surface area (Å²) < 4.78 is 5.08. The molecule has 0 bridgehead atoms. The molecule has 10 rings (SSSR count). The van der Waals surface area contributed by atoms with E-state index in [1.807, 2.05) is 0 Å². The number of rotatable bonds is 13. The summed E-state index contributed by atoms with van der Waals surface area (Å²) >= 11 is 13.7. The van der Waals surface area contributed by atoms with E-state index in [0.29, 0.717) is 0 Å². The molecule has 2 heterocycles. The molecule has 7 aromatic carbocycles. The molecular formula is C57H52Cl2N2P+. The van der Waals surface area contributed by atoms with Crippen LogP contribution in [0, 0.1) is 0 Å². The average Bonchev–Trinajstić information content (AvgIpc) is 3.97. The van der Waals surface area contributed by atoms with E-state index in [1.165, 1.54) is 76.4 Å². The van der Waals surface area contributed by atoms with Gasteiger partial charge in [0.2, 0.25) is 0 Å². The van der Waals surface area contributed by atoms with Gasteiger partial charge in [0.1, 0.15) is 0 Å². The van der Waals surface area contributed by atoms with Gasteiger partial charge in [-0.05, 0) is 0 Å². The fourth-order valence-corrected chi connectivity index (χ4v) is 16.3. The zero-order valence-electron chi connectivity index (χ0n) is 35.6. The average molecular weight is 867 g/mol. The minimum atomic E-state index is -2.93. The Morgan fingerprint density at radius 2 is 1.18 bits per heavy atom. The Bertz CT molecular complexity index is 3060. The maximum atomic E-state index is 6.87. The molecule has 0 atom stereocenters. The molecule has 0 fully saturated rings. The second-order valence-corrected chi connectivity index (χ2v) is 21.4. The van der Waals surface area contributed by atoms with Gasteiger partial charge in [0.25, 0.3) is 0 Å². The number of unbranched alkanes of at least 4 members (excludes halogenated alkanes) is 2. The third-order valence-electron chi connectivity index (χ3n) is 13.3. The van der Waals surface area contributed by atoms with E-state index in [-0.39, 0.29) is 0 Å². The first-order valence-electron chi connectivity index (χ1n) is 22.4. The Morgan fingerprint density at radius 1 is 0.581 bits per heavy atom. The van der Waals surface area contributed by atoms with E-state index in [1.54, 1.807) is 0 Å². The number of allylic oxidation sites excluding steroid dienone is 6. The van der Waals surface area contributed by atoms with E-state index in [2.05, 4.69) is 199 Å². The van der Waals surface area contributed by atoms with Gasteiger partial charge < -0.3 is 0 Å². The first-order chi connectivity index (χ1) is 30.5. The molecule has 2 nitrogen and oxygen atoms in total. The number of benzene rings is 7. The molecule has 308 valence electrons. The van der Waals surface area contributed by atoms with Crippen molar-refractivity contribution < 1.29 is 4.58 Å². The Balaban J connectivity index is 1.27. The molecule has 0 saturated carbocycles. The van der Waals surface area contributed by atoms with Crippen LogP contribution in [0.25, 0.3) is 38.5 Å². The van der Waals surface area contributed by atoms with Gasteiger partial charge >= 0.3 is 378 Å². The van der Waals surface area contributed by atoms with Crippen molar-refractivity contribution in [3.63, 3.8) is 0 Å². The quantitative estimate of drug-likeness (QED) is 0.0806. The predicted molar refractivity (Wildman–Crippen MR) is 272 cm³/mol. The topological polar surface area (TPSA) is 7.94 Å². The van der Waals surface area contributed by atoms with Crippen LogP contribution in [0.5, 0.6) is 0 Å². The molecule has 62 heavy (non-hydrogen) atoms. The van der Waals surface area contributed by atoms with Crippen LogP contribution < -0.4 is 21.3 Å². The number of halogens is 2. The summed E-state index contributed by atoms with van der Waals surface area (Å²) in [6.07, 6.45) is 16.2. The molecular weight excluding hydrogens is 815 g/mol. The normalized spacial score (nSPS) is 15.5. The summed E-state index contributed by atoms with van der Waals surface area (Å²) in [4.78, 5) is 0. The molecule has 0 amide bonds. The van der Waals surface area contributed by atoms with Crippen molar-refractivity contribution in [1.82, 2.24) is 4.57 Å². The first kappa shape index (κ1) is 40.6. The molecule has 0 unspecified atom stereocenters. The first-order valence-corrected chi connectivity index (χ1v) is 25.1. The van der Waals surface area contributed by atoms with Gasteiger partial charge in [-0.2, -0.15) is 0 Å². The summed E-state index contributed by atoms with van der Waals surface area (Å²) in [6, 6.07) is 56.0. The van der Waals surface area contributed by atoms with Gasteiger partial charge in [0, 0.05) is 0 Å². The molecule has 8 aromatic rings. The van der Waals surface area contributed by atoms with Crippen LogP contribution in [0.1, 0.15) is 57.9 Å². The summed E-state index contributed by atoms with van der Waals surface area (Å²) in [5.74, 6) is 0. The van der Waals surface area contributed by atoms with Crippen molar-refractivity contribution in [2.75, 3.05) is 6.54 Å². The van der Waals surface area contributed by atoms with E-state index >= 15 is 0 Å². The molecule has 1 aromatic heterocycles. The summed E-state index contributed by atoms with van der Waals surface area (Å²) in [6.45, 7) is 6.47. The molecule has 5 heteroatoms. The van der Waals surface area contributed by atoms with Gasteiger partial charge in [-0.1, -0.05) is 0 Å². The van der Waals surface area contributed by atoms with E-state index < -0.39 is 7.26 Å². The van der Waals surface area contributed by atoms with Gasteiger partial charge in [0.15, 0.2) is 0 Å². The van der Waals surface area contributed by atoms with Crippen LogP contribution in [0.15, 0.2) is 186 Å². The van der Waals surface area contributed by atoms with Crippen LogP contribution in [-0.2, 0) is 6.54 Å². The van der Waals surface area contributed by atoms with Crippen LogP contribution in [0.2, 0.25) is 10.0 Å². The van der Waals surface area contributed by atoms with Gasteiger partial charge in [-0.3, -0.25) is 0 Å². The molecule has 0 spiro atoms. The fraction of sp³-hybridized carbons (Fsp3) is 0.175. The van der Waals surface area contributed by atoms with Crippen molar-refractivity contribution in [1.29, 1.82) is 0 Å². The predicted octanol–water partition coefficient (Wildman–Crippen LogP) is 13.8. The minimum absolute atomic E-state index is 0.804. The zero-order valence-corrected chi connectivity index (χ0v) is 38.1. The Morgan fingerprint density at radius 3 is 1.82 bits per heavy atom. The Hall–Kier alpha value is -5.50. The van der Waals surface area contributed by atoms with Crippen molar-refractivity contribution in [3.05, 3.63) is 207 Å². The zero-order chi connectivity index (χ0) is 42.2. The maximum absolute atomic E-state index is 6.87. The third kappa shape index (κ3) is 6.80. The number of hydrogen-bond acceptors (Lipinski definition) is 0. The van der Waals surface area contributed by atoms with Crippen LogP contribution >= 0.6 is 30.5 Å². The number of aromatic nitrogens is 1. The van der Waals surface area contributed by atoms with Crippen LogP contribution in [-0.4, -0.2) is 21.4 Å². The van der Waals surface area contributed by atoms with Crippen molar-refractivity contribution in [2.24, 2.45) is 0 Å². The molecule has 0 saturated heterocycles. The molecule has 2 aliphatic rings. The number of hydrogen-bond donors (Lipinski definition) is 0. The van der Waals surface area contributed by atoms with Crippen molar-refractivity contribution >= 4 is 96.3 Å². The van der Waals surface area contributed by atoms with E-state index in [0.717, 1.165) is 72.4 Å². The second-order valence-electron chi connectivity index (χ2n) is 16.8. The Kier molecular flexibility index (Phi) is 11.3. The van der Waals surface area contributed by atoms with Gasteiger partial charge in [-0.15, -0.1) is 0 Å². The van der Waals surface area contributed by atoms with E-state index in [4.69, 9.17) is 23.2 Å². The monoisotopic (exact) mass is 865 g/mol. The molecule has 0 radical (unpaired) electrons. The summed E-state index contributed by atoms with van der Waals surface area (Å²) in [7, 11) is -2.93. The van der Waals surface area contributed by atoms with Crippen LogP contribution in [0.3, 0.4) is 0 Å². The summed E-state index contributed by atoms with van der Waals surface area (Å²) in [5, 5.41) is 14.5. The standard InChI is InChI=1S/C57H52Cl2N2P/c1-3-5-38-60-51(47-26-16-24-45-49(58)32-36-53(60)55(45)47)34-30-40-28-29-41(31-35-52-48-27-17-25-46-50(59)33-37-54(56(46)48)61(52)39-6-4-2)57(40)62(42-18-10-7-11-19-42,43-20-12-8-13-21-43)44-22-14-9-15-23-44/h7-27,30-37,62H,3-6,28-29,38-39H2,1-2H3/q+1. The molecule has 1 aliphatic carbocycles. The number of aryl methyl sites for hydroxylation is 1. The molecule has 0 N–H and O–H groups in total. The molecule has 1 aliphatic heterocycles. The SMILES string of the molecule is CCCCn1/c(=C/C=C2\CCC(/C=C/C3=[N+](CCCC)c4ccc(Cl)c5cccc3c45)=C2[PH](c2ccccc2)(c2ccccc2)c2ccccc2)c2cccc3c(Cl)ccc1c32. The number of nitrogens with zero attached hydrogens (tertiary/aromatic N) is 2. The summed E-state index contributed by atoms with van der Waals surface area (Å²) in [5.41, 5.74) is 7.84. The van der Waals surface area contributed by atoms with Gasteiger partial charge in [-0.25, -0.2) is 0 Å². The Labute approximate surface area is 376 Å². The fourth-order valence-electron chi connectivity index (χ4n) is 10.5. The third-order valence-corrected chi connectivity index (χ3v) is 19.0. The van der Waals surface area contributed by atoms with E-state index in [9.17, 15) is 0 Å². The van der Waals surface area contributed by atoms with Crippen molar-refractivity contribution in [2.45, 2.75) is 58.9 Å².